The number of nitrogens with one attached hydrogen (secondary N) is 1. The highest BCUT2D eigenvalue weighted by atomic mass is 16.5. The molecule has 0 aliphatic rings. The van der Waals surface area contributed by atoms with E-state index in [2.05, 4.69) is 10.1 Å². The summed E-state index contributed by atoms with van der Waals surface area (Å²) in [6.45, 7) is 2.37. The lowest BCUT2D eigenvalue weighted by molar-refractivity contribution is -0.123. The van der Waals surface area contributed by atoms with Gasteiger partial charge in [-0.2, -0.15) is 0 Å². The smallest absolute Gasteiger partial charge is 0.343 e. The van der Waals surface area contributed by atoms with Crippen LogP contribution in [0.2, 0.25) is 0 Å². The number of amides is 1. The van der Waals surface area contributed by atoms with Crippen molar-refractivity contribution >= 4 is 17.6 Å². The summed E-state index contributed by atoms with van der Waals surface area (Å²) in [5.41, 5.74) is 6.08. The topological polar surface area (TPSA) is 90.6 Å². The number of hydrogen-bond acceptors (Lipinski definition) is 5. The van der Waals surface area contributed by atoms with Gasteiger partial charge in [0.2, 0.25) is 0 Å². The summed E-state index contributed by atoms with van der Waals surface area (Å²) in [5, 5.41) is 2.67. The Morgan fingerprint density at radius 2 is 2.11 bits per heavy atom. The number of nitrogen functional groups attached to an aromatic ring is 1. The molecular formula is C13H18N2O4. The van der Waals surface area contributed by atoms with Crippen molar-refractivity contribution in [1.29, 1.82) is 0 Å². The van der Waals surface area contributed by atoms with Crippen LogP contribution in [0.4, 0.5) is 5.69 Å². The Morgan fingerprint density at radius 3 is 2.74 bits per heavy atom. The zero-order valence-corrected chi connectivity index (χ0v) is 11.1. The number of benzene rings is 1. The second-order valence-electron chi connectivity index (χ2n) is 3.85. The Morgan fingerprint density at radius 1 is 1.37 bits per heavy atom. The van der Waals surface area contributed by atoms with Crippen LogP contribution in [0.1, 0.15) is 23.7 Å². The molecule has 104 valence electrons. The van der Waals surface area contributed by atoms with Crippen molar-refractivity contribution in [1.82, 2.24) is 5.32 Å². The largest absolute Gasteiger partial charge is 0.483 e. The number of methoxy groups -OCH3 is 1. The van der Waals surface area contributed by atoms with Crippen molar-refractivity contribution in [2.24, 2.45) is 0 Å². The normalized spacial score (nSPS) is 9.79. The van der Waals surface area contributed by atoms with Crippen LogP contribution in [0.15, 0.2) is 18.2 Å². The maximum Gasteiger partial charge on any atom is 0.343 e. The summed E-state index contributed by atoms with van der Waals surface area (Å²) in [5.74, 6) is -0.611. The number of nitrogens with two attached hydrogens (primary N) is 1. The molecule has 0 saturated carbocycles. The number of esters is 1. The molecule has 0 radical (unpaired) electrons. The van der Waals surface area contributed by atoms with Crippen molar-refractivity contribution in [3.05, 3.63) is 23.8 Å². The Kier molecular flexibility index (Phi) is 5.66. The molecule has 0 aromatic heterocycles. The fourth-order valence-electron chi connectivity index (χ4n) is 1.45. The number of rotatable bonds is 6. The molecule has 1 aromatic rings. The van der Waals surface area contributed by atoms with E-state index in [1.54, 1.807) is 18.2 Å². The molecule has 1 rings (SSSR count). The van der Waals surface area contributed by atoms with Gasteiger partial charge in [0.25, 0.3) is 5.91 Å². The number of anilines is 1. The van der Waals surface area contributed by atoms with Gasteiger partial charge in [-0.3, -0.25) is 4.79 Å². The Balaban J connectivity index is 2.75. The van der Waals surface area contributed by atoms with E-state index in [4.69, 9.17) is 10.5 Å². The number of carbonyl (C=O) groups is 2. The van der Waals surface area contributed by atoms with Gasteiger partial charge in [0.1, 0.15) is 11.3 Å². The summed E-state index contributed by atoms with van der Waals surface area (Å²) in [7, 11) is 1.26. The van der Waals surface area contributed by atoms with Gasteiger partial charge >= 0.3 is 5.97 Å². The highest BCUT2D eigenvalue weighted by molar-refractivity contribution is 5.98. The third-order valence-corrected chi connectivity index (χ3v) is 2.38. The highest BCUT2D eigenvalue weighted by Gasteiger charge is 2.17. The molecule has 0 fully saturated rings. The first-order chi connectivity index (χ1) is 9.10. The standard InChI is InChI=1S/C13H18N2O4/c1-3-7-15-11(16)8-19-10-6-4-5-9(14)12(10)13(17)18-2/h4-6H,3,7-8,14H2,1-2H3,(H,15,16). The van der Waals surface area contributed by atoms with Crippen molar-refractivity contribution in [2.45, 2.75) is 13.3 Å². The van der Waals surface area contributed by atoms with E-state index >= 15 is 0 Å². The zero-order chi connectivity index (χ0) is 14.3. The molecule has 0 aliphatic carbocycles. The van der Waals surface area contributed by atoms with Crippen LogP contribution < -0.4 is 15.8 Å². The molecule has 0 heterocycles. The number of ether oxygens (including phenoxy) is 2. The van der Waals surface area contributed by atoms with Gasteiger partial charge in [0.05, 0.1) is 7.11 Å². The van der Waals surface area contributed by atoms with Gasteiger partial charge in [0, 0.05) is 12.2 Å². The average Bonchev–Trinajstić information content (AvgIpc) is 2.42. The highest BCUT2D eigenvalue weighted by Crippen LogP contribution is 2.25. The third-order valence-electron chi connectivity index (χ3n) is 2.38. The number of hydrogen-bond donors (Lipinski definition) is 2. The van der Waals surface area contributed by atoms with Crippen LogP contribution in [-0.4, -0.2) is 32.1 Å². The van der Waals surface area contributed by atoms with E-state index in [9.17, 15) is 9.59 Å². The second kappa shape index (κ2) is 7.25. The van der Waals surface area contributed by atoms with Gasteiger partial charge in [-0.05, 0) is 18.6 Å². The molecular weight excluding hydrogens is 248 g/mol. The van der Waals surface area contributed by atoms with Gasteiger partial charge in [0.15, 0.2) is 6.61 Å². The predicted octanol–water partition coefficient (Wildman–Crippen LogP) is 0.960. The quantitative estimate of drug-likeness (QED) is 0.591. The fraction of sp³-hybridized carbons (Fsp3) is 0.385. The van der Waals surface area contributed by atoms with E-state index in [0.29, 0.717) is 6.54 Å². The molecule has 1 aromatic carbocycles. The summed E-state index contributed by atoms with van der Waals surface area (Å²) >= 11 is 0. The van der Waals surface area contributed by atoms with Crippen LogP contribution in [0.5, 0.6) is 5.75 Å². The van der Waals surface area contributed by atoms with E-state index in [1.807, 2.05) is 6.92 Å². The lowest BCUT2D eigenvalue weighted by Gasteiger charge is -2.11. The lowest BCUT2D eigenvalue weighted by atomic mass is 10.1. The molecule has 0 spiro atoms. The first-order valence-electron chi connectivity index (χ1n) is 5.96. The van der Waals surface area contributed by atoms with Crippen molar-refractivity contribution < 1.29 is 19.1 Å². The maximum atomic E-state index is 11.6. The van der Waals surface area contributed by atoms with Gasteiger partial charge in [-0.25, -0.2) is 4.79 Å². The first-order valence-corrected chi connectivity index (χ1v) is 5.96. The average molecular weight is 266 g/mol. The van der Waals surface area contributed by atoms with Crippen molar-refractivity contribution in [3.63, 3.8) is 0 Å². The molecule has 3 N–H and O–H groups in total. The van der Waals surface area contributed by atoms with Crippen LogP contribution >= 0.6 is 0 Å². The molecule has 0 aliphatic heterocycles. The SMILES string of the molecule is CCCNC(=O)COc1cccc(N)c1C(=O)OC. The zero-order valence-electron chi connectivity index (χ0n) is 11.1. The minimum Gasteiger partial charge on any atom is -0.483 e. The second-order valence-corrected chi connectivity index (χ2v) is 3.85. The summed E-state index contributed by atoms with van der Waals surface area (Å²) in [6, 6.07) is 4.77. The summed E-state index contributed by atoms with van der Waals surface area (Å²) in [6.07, 6.45) is 0.845. The lowest BCUT2D eigenvalue weighted by Crippen LogP contribution is -2.29. The minimum absolute atomic E-state index is 0.133. The van der Waals surface area contributed by atoms with E-state index < -0.39 is 5.97 Å². The Labute approximate surface area is 111 Å². The molecule has 0 saturated heterocycles. The van der Waals surface area contributed by atoms with Crippen LogP contribution in [-0.2, 0) is 9.53 Å². The molecule has 6 heteroatoms. The Hall–Kier alpha value is -2.24. The molecule has 0 unspecified atom stereocenters. The summed E-state index contributed by atoms with van der Waals surface area (Å²) in [4.78, 5) is 23.0. The molecule has 19 heavy (non-hydrogen) atoms. The third kappa shape index (κ3) is 4.17. The van der Waals surface area contributed by atoms with Gasteiger partial charge in [-0.15, -0.1) is 0 Å². The van der Waals surface area contributed by atoms with Crippen LogP contribution in [0.25, 0.3) is 0 Å². The van der Waals surface area contributed by atoms with E-state index in [0.717, 1.165) is 6.42 Å². The van der Waals surface area contributed by atoms with Crippen molar-refractivity contribution in [3.8, 4) is 5.75 Å². The van der Waals surface area contributed by atoms with Gasteiger partial charge in [-0.1, -0.05) is 13.0 Å². The first kappa shape index (κ1) is 14.8. The van der Waals surface area contributed by atoms with Crippen LogP contribution in [0, 0.1) is 0 Å². The maximum absolute atomic E-state index is 11.6. The molecule has 1 amide bonds. The molecule has 6 nitrogen and oxygen atoms in total. The monoisotopic (exact) mass is 266 g/mol. The fourth-order valence-corrected chi connectivity index (χ4v) is 1.45. The van der Waals surface area contributed by atoms with Crippen LogP contribution in [0.3, 0.4) is 0 Å². The molecule has 0 atom stereocenters. The molecule has 0 bridgehead atoms. The number of carbonyl (C=O) groups excluding carboxylic acids is 2. The minimum atomic E-state index is -0.595. The summed E-state index contributed by atoms with van der Waals surface area (Å²) < 4.78 is 9.94. The van der Waals surface area contributed by atoms with E-state index in [1.165, 1.54) is 7.11 Å². The Bertz CT molecular complexity index is 460. The van der Waals surface area contributed by atoms with Gasteiger partial charge < -0.3 is 20.5 Å². The van der Waals surface area contributed by atoms with Crippen molar-refractivity contribution in [2.75, 3.05) is 26.0 Å². The predicted molar refractivity (Wildman–Crippen MR) is 71.0 cm³/mol. The van der Waals surface area contributed by atoms with E-state index in [-0.39, 0.29) is 29.5 Å².